The molecule has 0 aromatic rings. The van der Waals surface area contributed by atoms with Gasteiger partial charge in [0.25, 0.3) is 5.91 Å². The molecule has 1 aliphatic carbocycles. The Balaban J connectivity index is 1.76. The van der Waals surface area contributed by atoms with Gasteiger partial charge in [0.05, 0.1) is 5.71 Å². The van der Waals surface area contributed by atoms with E-state index in [2.05, 4.69) is 20.1 Å². The molecule has 3 N–H and O–H groups in total. The highest BCUT2D eigenvalue weighted by Crippen LogP contribution is 2.36. The molecule has 0 radical (unpaired) electrons. The number of nitrogens with one attached hydrogen (secondary N) is 1. The minimum absolute atomic E-state index is 0.241. The molecule has 12 nitrogen and oxygen atoms in total. The SMILES string of the molecule is NN=NC(=O)C1C(C2=CCC([N+](=O)[O-])CC2)=NSC1NC(=O)N1CCCC1=O. The van der Waals surface area contributed by atoms with Crippen LogP contribution in [0.5, 0.6) is 0 Å². The van der Waals surface area contributed by atoms with Gasteiger partial charge in [0.2, 0.25) is 11.9 Å². The zero-order valence-electron chi connectivity index (χ0n) is 14.8. The number of nitrogens with two attached hydrogens (primary N) is 1. The van der Waals surface area contributed by atoms with Gasteiger partial charge in [-0.25, -0.2) is 9.19 Å². The van der Waals surface area contributed by atoms with Crippen molar-refractivity contribution < 1.29 is 19.3 Å². The van der Waals surface area contributed by atoms with Gasteiger partial charge in [-0.1, -0.05) is 16.4 Å². The number of nitrogens with zero attached hydrogens (tertiary/aromatic N) is 5. The number of carbonyl (C=O) groups is 3. The minimum Gasteiger partial charge on any atom is -0.323 e. The van der Waals surface area contributed by atoms with Gasteiger partial charge in [-0.3, -0.25) is 24.6 Å². The summed E-state index contributed by atoms with van der Waals surface area (Å²) in [6, 6.07) is -1.25. The van der Waals surface area contributed by atoms with Gasteiger partial charge in [0.15, 0.2) is 0 Å². The Morgan fingerprint density at radius 3 is 2.79 bits per heavy atom. The van der Waals surface area contributed by atoms with Crippen LogP contribution in [0.1, 0.15) is 32.1 Å². The van der Waals surface area contributed by atoms with Crippen LogP contribution in [0.2, 0.25) is 0 Å². The Kier molecular flexibility index (Phi) is 6.02. The minimum atomic E-state index is -0.933. The maximum atomic E-state index is 12.4. The molecule has 28 heavy (non-hydrogen) atoms. The van der Waals surface area contributed by atoms with E-state index in [1.54, 1.807) is 6.08 Å². The van der Waals surface area contributed by atoms with E-state index in [4.69, 9.17) is 5.84 Å². The highest BCUT2D eigenvalue weighted by atomic mass is 32.2. The molecule has 1 fully saturated rings. The molecule has 3 rings (SSSR count). The Morgan fingerprint density at radius 2 is 2.21 bits per heavy atom. The quantitative estimate of drug-likeness (QED) is 0.229. The van der Waals surface area contributed by atoms with E-state index in [9.17, 15) is 24.5 Å². The zero-order valence-corrected chi connectivity index (χ0v) is 15.6. The first kappa shape index (κ1) is 19.9. The Morgan fingerprint density at radius 1 is 1.43 bits per heavy atom. The van der Waals surface area contributed by atoms with E-state index in [0.29, 0.717) is 43.5 Å². The van der Waals surface area contributed by atoms with E-state index in [1.165, 1.54) is 0 Å². The molecule has 1 saturated heterocycles. The molecule has 3 atom stereocenters. The highest BCUT2D eigenvalue weighted by molar-refractivity contribution is 7.99. The van der Waals surface area contributed by atoms with Gasteiger partial charge in [0.1, 0.15) is 11.3 Å². The summed E-state index contributed by atoms with van der Waals surface area (Å²) in [5.41, 5.74) is 1.12. The molecule has 3 aliphatic rings. The van der Waals surface area contributed by atoms with Crippen molar-refractivity contribution in [1.29, 1.82) is 0 Å². The standard InChI is InChI=1S/C15H19N7O5S/c16-20-18-13(24)11-12(8-3-5-9(6-4-8)22(26)27)19-28-14(11)17-15(25)21-7-1-2-10(21)23/h3,9,11,14H,1-2,4-7H2,(H,17,25)(H2,16,18,24). The van der Waals surface area contributed by atoms with Crippen molar-refractivity contribution in [3.8, 4) is 0 Å². The molecular formula is C15H19N7O5S. The van der Waals surface area contributed by atoms with Gasteiger partial charge < -0.3 is 11.2 Å². The predicted molar refractivity (Wildman–Crippen MR) is 98.5 cm³/mol. The fourth-order valence-corrected chi connectivity index (χ4v) is 4.39. The van der Waals surface area contributed by atoms with Crippen molar-refractivity contribution in [2.45, 2.75) is 43.5 Å². The second-order valence-corrected chi connectivity index (χ2v) is 7.48. The molecule has 0 bridgehead atoms. The lowest BCUT2D eigenvalue weighted by molar-refractivity contribution is -0.523. The first-order valence-corrected chi connectivity index (χ1v) is 9.58. The van der Waals surface area contributed by atoms with Crippen molar-refractivity contribution in [1.82, 2.24) is 10.2 Å². The van der Waals surface area contributed by atoms with Crippen LogP contribution in [0.3, 0.4) is 0 Å². The van der Waals surface area contributed by atoms with Crippen LogP contribution in [0.15, 0.2) is 26.4 Å². The number of amides is 4. The highest BCUT2D eigenvalue weighted by Gasteiger charge is 2.43. The third kappa shape index (κ3) is 4.03. The predicted octanol–water partition coefficient (Wildman–Crippen LogP) is 0.972. The Labute approximate surface area is 163 Å². The van der Waals surface area contributed by atoms with Gasteiger partial charge in [-0.2, -0.15) is 0 Å². The molecule has 13 heteroatoms. The maximum absolute atomic E-state index is 12.4. The largest absolute Gasteiger partial charge is 0.325 e. The second-order valence-electron chi connectivity index (χ2n) is 6.58. The van der Waals surface area contributed by atoms with Crippen LogP contribution in [-0.4, -0.2) is 51.3 Å². The number of rotatable bonds is 4. The van der Waals surface area contributed by atoms with Crippen LogP contribution in [-0.2, 0) is 9.59 Å². The molecule has 0 aromatic carbocycles. The smallest absolute Gasteiger partial charge is 0.323 e. The van der Waals surface area contributed by atoms with Crippen molar-refractivity contribution in [3.63, 3.8) is 0 Å². The Hall–Kier alpha value is -2.83. The third-order valence-electron chi connectivity index (χ3n) is 4.88. The molecule has 3 unspecified atom stereocenters. The van der Waals surface area contributed by atoms with Crippen LogP contribution in [0, 0.1) is 16.0 Å². The lowest BCUT2D eigenvalue weighted by Gasteiger charge is -2.23. The molecule has 150 valence electrons. The van der Waals surface area contributed by atoms with E-state index in [1.807, 2.05) is 0 Å². The van der Waals surface area contributed by atoms with Crippen LogP contribution in [0.25, 0.3) is 0 Å². The molecule has 2 heterocycles. The van der Waals surface area contributed by atoms with Crippen LogP contribution < -0.4 is 11.2 Å². The van der Waals surface area contributed by atoms with Gasteiger partial charge in [0, 0.05) is 42.7 Å². The normalized spacial score (nSPS) is 27.6. The summed E-state index contributed by atoms with van der Waals surface area (Å²) >= 11 is 0.982. The molecule has 0 spiro atoms. The number of likely N-dealkylation sites (tertiary alicyclic amines) is 1. The van der Waals surface area contributed by atoms with Crippen molar-refractivity contribution >= 4 is 35.5 Å². The van der Waals surface area contributed by atoms with E-state index in [-0.39, 0.29) is 17.3 Å². The van der Waals surface area contributed by atoms with Crippen molar-refractivity contribution in [2.75, 3.05) is 6.54 Å². The number of urea groups is 1. The number of allylic oxidation sites excluding steroid dienone is 1. The molecule has 2 aliphatic heterocycles. The maximum Gasteiger partial charge on any atom is 0.325 e. The molecular weight excluding hydrogens is 390 g/mol. The lowest BCUT2D eigenvalue weighted by Crippen LogP contribution is -2.48. The summed E-state index contributed by atoms with van der Waals surface area (Å²) in [6.07, 6.45) is 3.57. The summed E-state index contributed by atoms with van der Waals surface area (Å²) in [6.45, 7) is 0.324. The zero-order chi connectivity index (χ0) is 20.3. The summed E-state index contributed by atoms with van der Waals surface area (Å²) in [5.74, 6) is 3.11. The lowest BCUT2D eigenvalue weighted by atomic mass is 9.87. The fourth-order valence-electron chi connectivity index (χ4n) is 3.42. The molecule has 4 amide bonds. The summed E-state index contributed by atoms with van der Waals surface area (Å²) < 4.78 is 4.31. The number of nitro groups is 1. The van der Waals surface area contributed by atoms with Gasteiger partial charge in [-0.05, 0) is 18.4 Å². The molecule has 0 saturated carbocycles. The van der Waals surface area contributed by atoms with Crippen LogP contribution in [0.4, 0.5) is 4.79 Å². The monoisotopic (exact) mass is 409 g/mol. The summed E-state index contributed by atoms with van der Waals surface area (Å²) in [7, 11) is 0. The van der Waals surface area contributed by atoms with Crippen LogP contribution >= 0.6 is 11.9 Å². The first-order chi connectivity index (χ1) is 13.4. The van der Waals surface area contributed by atoms with E-state index in [0.717, 1.165) is 16.8 Å². The number of imide groups is 1. The van der Waals surface area contributed by atoms with E-state index >= 15 is 0 Å². The van der Waals surface area contributed by atoms with Gasteiger partial charge >= 0.3 is 6.03 Å². The molecule has 0 aromatic heterocycles. The second kappa shape index (κ2) is 8.46. The first-order valence-electron chi connectivity index (χ1n) is 8.74. The third-order valence-corrected chi connectivity index (χ3v) is 5.80. The summed E-state index contributed by atoms with van der Waals surface area (Å²) in [4.78, 5) is 48.3. The topological polar surface area (TPSA) is 173 Å². The van der Waals surface area contributed by atoms with E-state index < -0.39 is 29.3 Å². The van der Waals surface area contributed by atoms with Gasteiger partial charge in [-0.15, -0.1) is 0 Å². The number of carbonyl (C=O) groups excluding carboxylic acids is 3. The summed E-state index contributed by atoms with van der Waals surface area (Å²) in [5, 5.41) is 19.2. The van der Waals surface area contributed by atoms with Crippen molar-refractivity contribution in [2.24, 2.45) is 26.5 Å². The Bertz CT molecular complexity index is 796. The average molecular weight is 409 g/mol. The fraction of sp³-hybridized carbons (Fsp3) is 0.600. The van der Waals surface area contributed by atoms with Crippen molar-refractivity contribution in [3.05, 3.63) is 21.8 Å². The number of hydrogen-bond acceptors (Lipinski definition) is 8. The average Bonchev–Trinajstić information content (AvgIpc) is 3.28. The number of hydrogen-bond donors (Lipinski definition) is 2.